The summed E-state index contributed by atoms with van der Waals surface area (Å²) < 4.78 is 5.48. The first-order valence-electron chi connectivity index (χ1n) is 8.62. The second-order valence-corrected chi connectivity index (χ2v) is 6.37. The van der Waals surface area contributed by atoms with Gasteiger partial charge in [0.25, 0.3) is 0 Å². The molecule has 120 valence electrons. The monoisotopic (exact) mass is 303 g/mol. The number of rotatable bonds is 3. The molecular formula is C16H25N5O. The van der Waals surface area contributed by atoms with E-state index in [1.165, 1.54) is 25.7 Å². The normalized spacial score (nSPS) is 22.6. The molecule has 3 saturated heterocycles. The second kappa shape index (κ2) is 6.28. The Hall–Kier alpha value is -1.56. The largest absolute Gasteiger partial charge is 0.378 e. The molecule has 0 saturated carbocycles. The lowest BCUT2D eigenvalue weighted by molar-refractivity contribution is 0.122. The maximum atomic E-state index is 5.48. The molecule has 3 fully saturated rings. The molecule has 0 radical (unpaired) electrons. The molecule has 4 heterocycles. The molecule has 0 N–H and O–H groups in total. The van der Waals surface area contributed by atoms with Crippen LogP contribution < -0.4 is 14.7 Å². The highest BCUT2D eigenvalue weighted by Crippen LogP contribution is 2.27. The van der Waals surface area contributed by atoms with Crippen LogP contribution in [0.1, 0.15) is 25.7 Å². The Bertz CT molecular complexity index is 471. The van der Waals surface area contributed by atoms with E-state index < -0.39 is 0 Å². The van der Waals surface area contributed by atoms with E-state index in [4.69, 9.17) is 14.7 Å². The smallest absolute Gasteiger partial charge is 0.229 e. The van der Waals surface area contributed by atoms with Crippen LogP contribution in [0.3, 0.4) is 0 Å². The molecule has 0 atom stereocenters. The van der Waals surface area contributed by atoms with Gasteiger partial charge in [-0.05, 0) is 25.7 Å². The van der Waals surface area contributed by atoms with Gasteiger partial charge in [-0.25, -0.2) is 0 Å². The fourth-order valence-electron chi connectivity index (χ4n) is 3.53. The Morgan fingerprint density at radius 2 is 1.18 bits per heavy atom. The van der Waals surface area contributed by atoms with E-state index in [0.717, 1.165) is 70.1 Å². The van der Waals surface area contributed by atoms with E-state index >= 15 is 0 Å². The molecule has 4 rings (SSSR count). The van der Waals surface area contributed by atoms with Crippen LogP contribution in [0.4, 0.5) is 17.6 Å². The molecule has 3 aliphatic rings. The summed E-state index contributed by atoms with van der Waals surface area (Å²) in [4.78, 5) is 16.8. The van der Waals surface area contributed by atoms with Crippen molar-refractivity contribution in [3.05, 3.63) is 6.07 Å². The van der Waals surface area contributed by atoms with Gasteiger partial charge in [0.2, 0.25) is 5.95 Å². The third-order valence-electron chi connectivity index (χ3n) is 4.84. The number of morpholine rings is 1. The van der Waals surface area contributed by atoms with E-state index in [2.05, 4.69) is 20.8 Å². The molecule has 0 aliphatic carbocycles. The molecule has 0 unspecified atom stereocenters. The first-order chi connectivity index (χ1) is 10.9. The maximum Gasteiger partial charge on any atom is 0.229 e. The summed E-state index contributed by atoms with van der Waals surface area (Å²) in [6.07, 6.45) is 5.06. The topological polar surface area (TPSA) is 44.7 Å². The quantitative estimate of drug-likeness (QED) is 0.843. The summed E-state index contributed by atoms with van der Waals surface area (Å²) in [7, 11) is 0. The zero-order valence-electron chi connectivity index (χ0n) is 13.2. The minimum atomic E-state index is 0.794. The summed E-state index contributed by atoms with van der Waals surface area (Å²) >= 11 is 0. The van der Waals surface area contributed by atoms with Gasteiger partial charge in [-0.3, -0.25) is 0 Å². The van der Waals surface area contributed by atoms with Crippen molar-refractivity contribution in [2.75, 3.05) is 67.2 Å². The maximum absolute atomic E-state index is 5.48. The van der Waals surface area contributed by atoms with Gasteiger partial charge in [0.05, 0.1) is 13.2 Å². The third-order valence-corrected chi connectivity index (χ3v) is 4.84. The van der Waals surface area contributed by atoms with Crippen LogP contribution in [-0.2, 0) is 4.74 Å². The van der Waals surface area contributed by atoms with Gasteiger partial charge in [-0.1, -0.05) is 0 Å². The Morgan fingerprint density at radius 3 is 1.77 bits per heavy atom. The fraction of sp³-hybridized carbons (Fsp3) is 0.750. The summed E-state index contributed by atoms with van der Waals surface area (Å²) in [6.45, 7) is 7.87. The van der Waals surface area contributed by atoms with Crippen molar-refractivity contribution in [2.45, 2.75) is 25.7 Å². The summed E-state index contributed by atoms with van der Waals surface area (Å²) in [6, 6.07) is 2.18. The first kappa shape index (κ1) is 14.1. The standard InChI is InChI=1S/C16H25N5O/c1-2-6-19(5-1)14-13-15(20-9-11-22-12-10-20)18-16(17-14)21-7-3-4-8-21/h13H,1-12H2. The summed E-state index contributed by atoms with van der Waals surface area (Å²) in [5.41, 5.74) is 0. The van der Waals surface area contributed by atoms with Gasteiger partial charge >= 0.3 is 0 Å². The lowest BCUT2D eigenvalue weighted by Crippen LogP contribution is -2.37. The Balaban J connectivity index is 1.65. The molecule has 1 aromatic rings. The Kier molecular flexibility index (Phi) is 4.01. The van der Waals surface area contributed by atoms with E-state index in [-0.39, 0.29) is 0 Å². The van der Waals surface area contributed by atoms with E-state index in [1.54, 1.807) is 0 Å². The lowest BCUT2D eigenvalue weighted by Gasteiger charge is -2.30. The van der Waals surface area contributed by atoms with Gasteiger partial charge in [-0.2, -0.15) is 9.97 Å². The predicted molar refractivity (Wildman–Crippen MR) is 88.0 cm³/mol. The molecular weight excluding hydrogens is 278 g/mol. The van der Waals surface area contributed by atoms with Crippen molar-refractivity contribution in [2.24, 2.45) is 0 Å². The average molecular weight is 303 g/mol. The molecule has 6 nitrogen and oxygen atoms in total. The van der Waals surface area contributed by atoms with Crippen LogP contribution in [0, 0.1) is 0 Å². The average Bonchev–Trinajstić information content (AvgIpc) is 3.29. The highest BCUT2D eigenvalue weighted by molar-refractivity contribution is 5.56. The lowest BCUT2D eigenvalue weighted by atomic mass is 10.3. The molecule has 0 spiro atoms. The molecule has 22 heavy (non-hydrogen) atoms. The van der Waals surface area contributed by atoms with Crippen molar-refractivity contribution < 1.29 is 4.74 Å². The number of anilines is 3. The van der Waals surface area contributed by atoms with Crippen molar-refractivity contribution >= 4 is 17.6 Å². The van der Waals surface area contributed by atoms with Crippen molar-refractivity contribution in [3.63, 3.8) is 0 Å². The van der Waals surface area contributed by atoms with E-state index in [9.17, 15) is 0 Å². The molecule has 0 bridgehead atoms. The minimum absolute atomic E-state index is 0.794. The van der Waals surface area contributed by atoms with Crippen LogP contribution in [0.5, 0.6) is 0 Å². The third kappa shape index (κ3) is 2.84. The fourth-order valence-corrected chi connectivity index (χ4v) is 3.53. The van der Waals surface area contributed by atoms with Crippen LogP contribution >= 0.6 is 0 Å². The zero-order valence-corrected chi connectivity index (χ0v) is 13.2. The van der Waals surface area contributed by atoms with Crippen molar-refractivity contribution in [1.82, 2.24) is 9.97 Å². The number of ether oxygens (including phenoxy) is 1. The van der Waals surface area contributed by atoms with E-state index in [0.29, 0.717) is 0 Å². The molecule has 1 aromatic heterocycles. The predicted octanol–water partition coefficient (Wildman–Crippen LogP) is 1.51. The van der Waals surface area contributed by atoms with Crippen LogP contribution in [-0.4, -0.2) is 62.5 Å². The van der Waals surface area contributed by atoms with Crippen LogP contribution in [0.15, 0.2) is 6.07 Å². The Morgan fingerprint density at radius 1 is 0.682 bits per heavy atom. The van der Waals surface area contributed by atoms with Gasteiger partial charge in [0.1, 0.15) is 11.6 Å². The Labute approximate surface area is 132 Å². The summed E-state index contributed by atoms with van der Waals surface area (Å²) in [5, 5.41) is 0. The number of nitrogens with zero attached hydrogens (tertiary/aromatic N) is 5. The minimum Gasteiger partial charge on any atom is -0.378 e. The number of hydrogen-bond donors (Lipinski definition) is 0. The first-order valence-corrected chi connectivity index (χ1v) is 8.62. The van der Waals surface area contributed by atoms with Gasteiger partial charge in [0.15, 0.2) is 0 Å². The van der Waals surface area contributed by atoms with Crippen molar-refractivity contribution in [1.29, 1.82) is 0 Å². The SMILES string of the molecule is c1c(N2CCCC2)nc(N2CCCC2)nc1N1CCOCC1. The van der Waals surface area contributed by atoms with Crippen LogP contribution in [0.25, 0.3) is 0 Å². The van der Waals surface area contributed by atoms with Gasteiger partial charge in [-0.15, -0.1) is 0 Å². The van der Waals surface area contributed by atoms with Crippen LogP contribution in [0.2, 0.25) is 0 Å². The highest BCUT2D eigenvalue weighted by Gasteiger charge is 2.22. The van der Waals surface area contributed by atoms with Gasteiger partial charge < -0.3 is 19.4 Å². The molecule has 0 amide bonds. The van der Waals surface area contributed by atoms with Gasteiger partial charge in [0, 0.05) is 45.3 Å². The zero-order chi connectivity index (χ0) is 14.8. The summed E-state index contributed by atoms with van der Waals surface area (Å²) in [5.74, 6) is 3.10. The second-order valence-electron chi connectivity index (χ2n) is 6.37. The molecule has 6 heteroatoms. The highest BCUT2D eigenvalue weighted by atomic mass is 16.5. The van der Waals surface area contributed by atoms with E-state index in [1.807, 2.05) is 0 Å². The van der Waals surface area contributed by atoms with Crippen molar-refractivity contribution in [3.8, 4) is 0 Å². The molecule has 0 aromatic carbocycles. The number of hydrogen-bond acceptors (Lipinski definition) is 6. The molecule has 3 aliphatic heterocycles. The number of aromatic nitrogens is 2.